The molecule has 0 aromatic heterocycles. The lowest BCUT2D eigenvalue weighted by Crippen LogP contribution is -2.30. The van der Waals surface area contributed by atoms with Gasteiger partial charge in [-0.15, -0.1) is 0 Å². The summed E-state index contributed by atoms with van der Waals surface area (Å²) in [6.45, 7) is 6.19. The maximum Gasteiger partial charge on any atom is 0.0701 e. The summed E-state index contributed by atoms with van der Waals surface area (Å²) >= 11 is 0. The largest absolute Gasteiger partial charge is 0.379 e. The van der Waals surface area contributed by atoms with Crippen LogP contribution in [0.15, 0.2) is 30.3 Å². The fraction of sp³-hybridized carbons (Fsp3) is 0.571. The molecule has 0 atom stereocenters. The molecular formula is C14H21NO2. The van der Waals surface area contributed by atoms with Crippen molar-refractivity contribution in [2.45, 2.75) is 13.0 Å². The van der Waals surface area contributed by atoms with Crippen LogP contribution < -0.4 is 0 Å². The topological polar surface area (TPSA) is 21.7 Å². The third kappa shape index (κ3) is 4.86. The van der Waals surface area contributed by atoms with Crippen molar-refractivity contribution in [1.82, 2.24) is 4.90 Å². The lowest BCUT2D eigenvalue weighted by atomic mass is 10.2. The molecule has 17 heavy (non-hydrogen) atoms. The van der Waals surface area contributed by atoms with Crippen LogP contribution in [0.4, 0.5) is 0 Å². The van der Waals surface area contributed by atoms with E-state index < -0.39 is 0 Å². The van der Waals surface area contributed by atoms with E-state index in [-0.39, 0.29) is 0 Å². The predicted octanol–water partition coefficient (Wildman–Crippen LogP) is 1.93. The normalized spacial score (nSPS) is 20.0. The first-order chi connectivity index (χ1) is 8.45. The fourth-order valence-corrected chi connectivity index (χ4v) is 2.02. The number of benzene rings is 1. The molecule has 1 aromatic carbocycles. The average Bonchev–Trinajstić information content (AvgIpc) is 2.38. The van der Waals surface area contributed by atoms with Gasteiger partial charge in [0.25, 0.3) is 0 Å². The minimum absolute atomic E-state index is 0.721. The summed E-state index contributed by atoms with van der Waals surface area (Å²) in [5.41, 5.74) is 1.37. The van der Waals surface area contributed by atoms with Crippen LogP contribution in [-0.4, -0.2) is 44.4 Å². The molecule has 94 valence electrons. The van der Waals surface area contributed by atoms with Gasteiger partial charge in [0, 0.05) is 26.2 Å². The number of nitrogens with zero attached hydrogens (tertiary/aromatic N) is 1. The van der Waals surface area contributed by atoms with Gasteiger partial charge in [-0.1, -0.05) is 30.3 Å². The second-order valence-electron chi connectivity index (χ2n) is 4.34. The molecule has 0 aliphatic carbocycles. The molecule has 1 saturated heterocycles. The van der Waals surface area contributed by atoms with Gasteiger partial charge >= 0.3 is 0 Å². The molecule has 0 unspecified atom stereocenters. The molecule has 2 rings (SSSR count). The van der Waals surface area contributed by atoms with E-state index in [1.165, 1.54) is 5.56 Å². The number of hydrogen-bond donors (Lipinski definition) is 0. The van der Waals surface area contributed by atoms with E-state index in [2.05, 4.69) is 35.2 Å². The standard InChI is InChI=1S/C14H21NO2/c1-2-5-14(6-3-1)13-15-7-4-9-16-11-12-17-10-8-15/h1-3,5-6H,4,7-13H2. The van der Waals surface area contributed by atoms with Crippen molar-refractivity contribution >= 4 is 0 Å². The van der Waals surface area contributed by atoms with Crippen LogP contribution in [0.25, 0.3) is 0 Å². The summed E-state index contributed by atoms with van der Waals surface area (Å²) in [5, 5.41) is 0. The lowest BCUT2D eigenvalue weighted by molar-refractivity contribution is 0.0211. The molecule has 0 bridgehead atoms. The van der Waals surface area contributed by atoms with Gasteiger partial charge in [-0.05, 0) is 12.0 Å². The Morgan fingerprint density at radius 3 is 2.47 bits per heavy atom. The zero-order chi connectivity index (χ0) is 11.8. The van der Waals surface area contributed by atoms with Gasteiger partial charge in [-0.25, -0.2) is 0 Å². The molecule has 1 aliphatic heterocycles. The van der Waals surface area contributed by atoms with Crippen molar-refractivity contribution in [2.75, 3.05) is 39.5 Å². The predicted molar refractivity (Wildman–Crippen MR) is 68.0 cm³/mol. The van der Waals surface area contributed by atoms with Gasteiger partial charge < -0.3 is 9.47 Å². The maximum absolute atomic E-state index is 5.51. The third-order valence-corrected chi connectivity index (χ3v) is 2.94. The summed E-state index contributed by atoms with van der Waals surface area (Å²) in [6, 6.07) is 10.6. The minimum atomic E-state index is 0.721. The Balaban J connectivity index is 1.83. The molecule has 3 heteroatoms. The fourth-order valence-electron chi connectivity index (χ4n) is 2.02. The molecule has 3 nitrogen and oxygen atoms in total. The Morgan fingerprint density at radius 1 is 0.882 bits per heavy atom. The van der Waals surface area contributed by atoms with Crippen LogP contribution in [0.5, 0.6) is 0 Å². The van der Waals surface area contributed by atoms with Crippen LogP contribution in [0.1, 0.15) is 12.0 Å². The monoisotopic (exact) mass is 235 g/mol. The van der Waals surface area contributed by atoms with Crippen LogP contribution in [0, 0.1) is 0 Å². The van der Waals surface area contributed by atoms with Gasteiger partial charge in [0.15, 0.2) is 0 Å². The van der Waals surface area contributed by atoms with E-state index in [0.717, 1.165) is 52.5 Å². The van der Waals surface area contributed by atoms with E-state index >= 15 is 0 Å². The molecule has 0 saturated carbocycles. The summed E-state index contributed by atoms with van der Waals surface area (Å²) < 4.78 is 11.0. The van der Waals surface area contributed by atoms with Gasteiger partial charge in [-0.3, -0.25) is 4.90 Å². The molecule has 0 amide bonds. The number of rotatable bonds is 2. The van der Waals surface area contributed by atoms with Crippen molar-refractivity contribution in [3.05, 3.63) is 35.9 Å². The van der Waals surface area contributed by atoms with Gasteiger partial charge in [0.05, 0.1) is 19.8 Å². The van der Waals surface area contributed by atoms with Crippen molar-refractivity contribution in [1.29, 1.82) is 0 Å². The van der Waals surface area contributed by atoms with Gasteiger partial charge in [-0.2, -0.15) is 0 Å². The van der Waals surface area contributed by atoms with Crippen molar-refractivity contribution < 1.29 is 9.47 Å². The van der Waals surface area contributed by atoms with Crippen LogP contribution in [-0.2, 0) is 16.0 Å². The second-order valence-corrected chi connectivity index (χ2v) is 4.34. The Kier molecular flexibility index (Phi) is 5.49. The molecule has 0 N–H and O–H groups in total. The smallest absolute Gasteiger partial charge is 0.0701 e. The Morgan fingerprint density at radius 2 is 1.65 bits per heavy atom. The molecule has 1 heterocycles. The number of hydrogen-bond acceptors (Lipinski definition) is 3. The van der Waals surface area contributed by atoms with Crippen molar-refractivity contribution in [3.8, 4) is 0 Å². The maximum atomic E-state index is 5.51. The SMILES string of the molecule is c1ccc(CN2CCCOCCOCC2)cc1. The highest BCUT2D eigenvalue weighted by Gasteiger charge is 2.07. The second kappa shape index (κ2) is 7.43. The van der Waals surface area contributed by atoms with E-state index in [0.29, 0.717) is 0 Å². The van der Waals surface area contributed by atoms with E-state index in [9.17, 15) is 0 Å². The zero-order valence-electron chi connectivity index (χ0n) is 10.3. The molecule has 0 spiro atoms. The summed E-state index contributed by atoms with van der Waals surface area (Å²) in [6.07, 6.45) is 1.10. The van der Waals surface area contributed by atoms with E-state index in [4.69, 9.17) is 9.47 Å². The average molecular weight is 235 g/mol. The summed E-state index contributed by atoms with van der Waals surface area (Å²) in [5.74, 6) is 0. The number of ether oxygens (including phenoxy) is 2. The van der Waals surface area contributed by atoms with E-state index in [1.54, 1.807) is 0 Å². The molecule has 0 radical (unpaired) electrons. The lowest BCUT2D eigenvalue weighted by Gasteiger charge is -2.23. The van der Waals surface area contributed by atoms with Gasteiger partial charge in [0.1, 0.15) is 0 Å². The first kappa shape index (κ1) is 12.6. The third-order valence-electron chi connectivity index (χ3n) is 2.94. The van der Waals surface area contributed by atoms with Crippen LogP contribution in [0.2, 0.25) is 0 Å². The van der Waals surface area contributed by atoms with Crippen LogP contribution in [0.3, 0.4) is 0 Å². The highest BCUT2D eigenvalue weighted by atomic mass is 16.5. The highest BCUT2D eigenvalue weighted by Crippen LogP contribution is 2.05. The Bertz CT molecular complexity index is 292. The summed E-state index contributed by atoms with van der Waals surface area (Å²) in [4.78, 5) is 2.43. The zero-order valence-corrected chi connectivity index (χ0v) is 10.3. The molecule has 1 fully saturated rings. The Hall–Kier alpha value is -0.900. The quantitative estimate of drug-likeness (QED) is 0.782. The molecule has 1 aliphatic rings. The van der Waals surface area contributed by atoms with E-state index in [1.807, 2.05) is 0 Å². The van der Waals surface area contributed by atoms with Crippen molar-refractivity contribution in [2.24, 2.45) is 0 Å². The molecule has 1 aromatic rings. The van der Waals surface area contributed by atoms with Crippen LogP contribution >= 0.6 is 0 Å². The van der Waals surface area contributed by atoms with Crippen molar-refractivity contribution in [3.63, 3.8) is 0 Å². The Labute approximate surface area is 103 Å². The highest BCUT2D eigenvalue weighted by molar-refractivity contribution is 5.14. The minimum Gasteiger partial charge on any atom is -0.379 e. The molecular weight excluding hydrogens is 214 g/mol. The first-order valence-corrected chi connectivity index (χ1v) is 6.37. The first-order valence-electron chi connectivity index (χ1n) is 6.37. The van der Waals surface area contributed by atoms with Gasteiger partial charge in [0.2, 0.25) is 0 Å². The summed E-state index contributed by atoms with van der Waals surface area (Å²) in [7, 11) is 0.